The average Bonchev–Trinajstić information content (AvgIpc) is 3.28. The third-order valence-corrected chi connectivity index (χ3v) is 5.65. The lowest BCUT2D eigenvalue weighted by atomic mass is 9.97. The minimum Gasteiger partial charge on any atom is -0.468 e. The number of aromatic nitrogens is 3. The van der Waals surface area contributed by atoms with Gasteiger partial charge in [0.2, 0.25) is 5.91 Å². The summed E-state index contributed by atoms with van der Waals surface area (Å²) in [5.74, 6) is 2.90. The fraction of sp³-hybridized carbons (Fsp3) is 0.611. The van der Waals surface area contributed by atoms with Gasteiger partial charge >= 0.3 is 0 Å². The molecule has 0 spiro atoms. The van der Waals surface area contributed by atoms with E-state index in [4.69, 9.17) is 4.42 Å². The first kappa shape index (κ1) is 19.0. The largest absolute Gasteiger partial charge is 0.468 e. The van der Waals surface area contributed by atoms with Crippen LogP contribution in [0, 0.1) is 12.8 Å². The van der Waals surface area contributed by atoms with Crippen LogP contribution in [0.1, 0.15) is 31.4 Å². The number of hydrogen-bond donors (Lipinski definition) is 1. The molecule has 3 heterocycles. The monoisotopic (exact) mass is 377 g/mol. The molecule has 1 N–H and O–H groups in total. The standard InChI is InChI=1S/C18H27N5O2S/c1-3-23-14(2)20-21-18(23)26-11-8-19-17(24)15-6-4-9-22(12-15)13-16-7-5-10-25-16/h5,7,10,15H,3-4,6,8-9,11-13H2,1-2H3,(H,19,24)/t15-/m1/s1. The third-order valence-electron chi connectivity index (χ3n) is 4.69. The Balaban J connectivity index is 1.40. The van der Waals surface area contributed by atoms with Gasteiger partial charge in [0, 0.05) is 25.4 Å². The number of amides is 1. The van der Waals surface area contributed by atoms with Crippen molar-refractivity contribution in [1.29, 1.82) is 0 Å². The number of thioether (sulfide) groups is 1. The zero-order chi connectivity index (χ0) is 18.4. The van der Waals surface area contributed by atoms with Gasteiger partial charge < -0.3 is 14.3 Å². The van der Waals surface area contributed by atoms with Crippen LogP contribution in [0.5, 0.6) is 0 Å². The van der Waals surface area contributed by atoms with Gasteiger partial charge in [-0.05, 0) is 45.4 Å². The molecule has 0 radical (unpaired) electrons. The Morgan fingerprint density at radius 1 is 1.46 bits per heavy atom. The first-order chi connectivity index (χ1) is 12.7. The van der Waals surface area contributed by atoms with Crippen LogP contribution in [-0.2, 0) is 17.9 Å². The fourth-order valence-electron chi connectivity index (χ4n) is 3.33. The van der Waals surface area contributed by atoms with Crippen molar-refractivity contribution < 1.29 is 9.21 Å². The maximum atomic E-state index is 12.5. The summed E-state index contributed by atoms with van der Waals surface area (Å²) in [5.41, 5.74) is 0. The minimum absolute atomic E-state index is 0.0604. The number of piperidine rings is 1. The second kappa shape index (κ2) is 9.23. The van der Waals surface area contributed by atoms with E-state index in [0.717, 1.165) is 61.5 Å². The Labute approximate surface area is 158 Å². The van der Waals surface area contributed by atoms with Crippen LogP contribution in [0.15, 0.2) is 28.0 Å². The van der Waals surface area contributed by atoms with E-state index in [0.29, 0.717) is 6.54 Å². The van der Waals surface area contributed by atoms with Crippen molar-refractivity contribution in [1.82, 2.24) is 25.0 Å². The predicted molar refractivity (Wildman–Crippen MR) is 101 cm³/mol. The van der Waals surface area contributed by atoms with Gasteiger partial charge in [0.15, 0.2) is 5.16 Å². The Bertz CT molecular complexity index is 701. The molecular weight excluding hydrogens is 350 g/mol. The van der Waals surface area contributed by atoms with E-state index in [1.165, 1.54) is 0 Å². The summed E-state index contributed by atoms with van der Waals surface area (Å²) in [5, 5.41) is 12.3. The molecule has 1 aliphatic heterocycles. The average molecular weight is 378 g/mol. The molecule has 1 atom stereocenters. The van der Waals surface area contributed by atoms with Crippen molar-refractivity contribution in [2.75, 3.05) is 25.4 Å². The Kier molecular flexibility index (Phi) is 6.73. The Morgan fingerprint density at radius 2 is 2.35 bits per heavy atom. The molecule has 0 aliphatic carbocycles. The molecule has 0 bridgehead atoms. The summed E-state index contributed by atoms with van der Waals surface area (Å²) in [4.78, 5) is 14.8. The molecule has 1 amide bonds. The van der Waals surface area contributed by atoms with E-state index in [-0.39, 0.29) is 11.8 Å². The number of carbonyl (C=O) groups excluding carboxylic acids is 1. The van der Waals surface area contributed by atoms with Crippen molar-refractivity contribution in [3.05, 3.63) is 30.0 Å². The van der Waals surface area contributed by atoms with Crippen LogP contribution in [-0.4, -0.2) is 51.0 Å². The van der Waals surface area contributed by atoms with Gasteiger partial charge in [0.05, 0.1) is 18.7 Å². The molecule has 3 rings (SSSR count). The number of carbonyl (C=O) groups is 1. The number of aryl methyl sites for hydroxylation is 1. The summed E-state index contributed by atoms with van der Waals surface area (Å²) >= 11 is 1.64. The van der Waals surface area contributed by atoms with E-state index in [9.17, 15) is 4.79 Å². The second-order valence-electron chi connectivity index (χ2n) is 6.57. The second-order valence-corrected chi connectivity index (χ2v) is 7.63. The molecule has 26 heavy (non-hydrogen) atoms. The normalized spacial score (nSPS) is 18.2. The number of likely N-dealkylation sites (tertiary alicyclic amines) is 1. The number of rotatable bonds is 8. The summed E-state index contributed by atoms with van der Waals surface area (Å²) < 4.78 is 7.50. The van der Waals surface area contributed by atoms with Crippen molar-refractivity contribution >= 4 is 17.7 Å². The smallest absolute Gasteiger partial charge is 0.224 e. The van der Waals surface area contributed by atoms with Gasteiger partial charge in [-0.15, -0.1) is 10.2 Å². The summed E-state index contributed by atoms with van der Waals surface area (Å²) in [6, 6.07) is 3.89. The van der Waals surface area contributed by atoms with E-state index < -0.39 is 0 Å². The van der Waals surface area contributed by atoms with Crippen LogP contribution in [0.2, 0.25) is 0 Å². The molecule has 0 unspecified atom stereocenters. The molecule has 8 heteroatoms. The first-order valence-electron chi connectivity index (χ1n) is 9.22. The van der Waals surface area contributed by atoms with Crippen LogP contribution < -0.4 is 5.32 Å². The number of furan rings is 1. The maximum Gasteiger partial charge on any atom is 0.224 e. The molecule has 2 aromatic rings. The molecule has 1 saturated heterocycles. The quantitative estimate of drug-likeness (QED) is 0.562. The summed E-state index contributed by atoms with van der Waals surface area (Å²) in [6.07, 6.45) is 3.70. The van der Waals surface area contributed by atoms with Crippen molar-refractivity contribution in [2.45, 2.75) is 44.9 Å². The lowest BCUT2D eigenvalue weighted by molar-refractivity contribution is -0.126. The highest BCUT2D eigenvalue weighted by Gasteiger charge is 2.26. The summed E-state index contributed by atoms with van der Waals surface area (Å²) in [6.45, 7) is 8.14. The number of hydrogen-bond acceptors (Lipinski definition) is 6. The molecule has 0 aromatic carbocycles. The third kappa shape index (κ3) is 4.88. The molecule has 142 valence electrons. The van der Waals surface area contributed by atoms with Gasteiger partial charge in [0.1, 0.15) is 11.6 Å². The Hall–Kier alpha value is -1.80. The zero-order valence-corrected chi connectivity index (χ0v) is 16.3. The van der Waals surface area contributed by atoms with E-state index in [1.54, 1.807) is 18.0 Å². The molecule has 0 saturated carbocycles. The number of nitrogens with one attached hydrogen (secondary N) is 1. The van der Waals surface area contributed by atoms with E-state index in [1.807, 2.05) is 19.1 Å². The fourth-order valence-corrected chi connectivity index (χ4v) is 4.23. The highest BCUT2D eigenvalue weighted by atomic mass is 32.2. The van der Waals surface area contributed by atoms with Crippen molar-refractivity contribution in [2.24, 2.45) is 5.92 Å². The molecule has 7 nitrogen and oxygen atoms in total. The SMILES string of the molecule is CCn1c(C)nnc1SCCNC(=O)[C@@H]1CCCN(Cc2ccco2)C1. The van der Waals surface area contributed by atoms with Crippen LogP contribution in [0.4, 0.5) is 0 Å². The highest BCUT2D eigenvalue weighted by molar-refractivity contribution is 7.99. The Morgan fingerprint density at radius 3 is 3.12 bits per heavy atom. The minimum atomic E-state index is 0.0604. The van der Waals surface area contributed by atoms with E-state index >= 15 is 0 Å². The molecule has 1 fully saturated rings. The zero-order valence-electron chi connectivity index (χ0n) is 15.5. The topological polar surface area (TPSA) is 76.2 Å². The highest BCUT2D eigenvalue weighted by Crippen LogP contribution is 2.19. The van der Waals surface area contributed by atoms with E-state index in [2.05, 4.69) is 31.9 Å². The molecule has 1 aliphatic rings. The predicted octanol–water partition coefficient (Wildman–Crippen LogP) is 2.32. The van der Waals surface area contributed by atoms with Gasteiger partial charge in [-0.3, -0.25) is 9.69 Å². The first-order valence-corrected chi connectivity index (χ1v) is 10.2. The van der Waals surface area contributed by atoms with Crippen LogP contribution in [0.25, 0.3) is 0 Å². The van der Waals surface area contributed by atoms with Gasteiger partial charge in [-0.25, -0.2) is 0 Å². The van der Waals surface area contributed by atoms with Crippen molar-refractivity contribution in [3.63, 3.8) is 0 Å². The van der Waals surface area contributed by atoms with Gasteiger partial charge in [0.25, 0.3) is 0 Å². The number of nitrogens with zero attached hydrogens (tertiary/aromatic N) is 4. The van der Waals surface area contributed by atoms with Crippen LogP contribution >= 0.6 is 11.8 Å². The van der Waals surface area contributed by atoms with Gasteiger partial charge in [-0.1, -0.05) is 11.8 Å². The molecular formula is C18H27N5O2S. The van der Waals surface area contributed by atoms with Gasteiger partial charge in [-0.2, -0.15) is 0 Å². The lowest BCUT2D eigenvalue weighted by Crippen LogP contribution is -2.43. The maximum absolute atomic E-state index is 12.5. The molecule has 2 aromatic heterocycles. The van der Waals surface area contributed by atoms with Crippen molar-refractivity contribution in [3.8, 4) is 0 Å². The van der Waals surface area contributed by atoms with Crippen LogP contribution in [0.3, 0.4) is 0 Å². The summed E-state index contributed by atoms with van der Waals surface area (Å²) in [7, 11) is 0. The lowest BCUT2D eigenvalue weighted by Gasteiger charge is -2.31.